The minimum atomic E-state index is -1.94. The predicted molar refractivity (Wildman–Crippen MR) is 215 cm³/mol. The normalized spacial score (nSPS) is 13.1. The Morgan fingerprint density at radius 3 is 0.950 bits per heavy atom. The van der Waals surface area contributed by atoms with Crippen LogP contribution in [0, 0.1) is 0 Å². The van der Waals surface area contributed by atoms with Crippen molar-refractivity contribution in [1.29, 1.82) is 0 Å². The van der Waals surface area contributed by atoms with E-state index in [-0.39, 0.29) is 22.3 Å². The van der Waals surface area contributed by atoms with E-state index in [2.05, 4.69) is 0 Å². The van der Waals surface area contributed by atoms with E-state index in [9.17, 15) is 58.8 Å². The van der Waals surface area contributed by atoms with Gasteiger partial charge < -0.3 is 31.9 Å². The molecule has 6 aromatic rings. The zero-order valence-corrected chi connectivity index (χ0v) is 30.5. The Labute approximate surface area is 336 Å². The predicted octanol–water partition coefficient (Wildman–Crippen LogP) is 6.25. The fraction of sp³-hybridized carbons (Fsp3) is 0. The number of nitrogen functional groups attached to an aromatic ring is 2. The first-order chi connectivity index (χ1) is 28.6. The number of hydrogen-bond donors (Lipinski definition) is 6. The Morgan fingerprint density at radius 2 is 0.633 bits per heavy atom. The van der Waals surface area contributed by atoms with E-state index in [1.807, 2.05) is 0 Å². The van der Waals surface area contributed by atoms with Crippen molar-refractivity contribution in [1.82, 2.24) is 0 Å². The van der Waals surface area contributed by atoms with Crippen molar-refractivity contribution in [3.63, 3.8) is 0 Å². The van der Waals surface area contributed by atoms with Gasteiger partial charge in [-0.3, -0.25) is 19.2 Å². The molecule has 6 aromatic carbocycles. The SMILES string of the molecule is Nc1ccc(-c2ccc3c(c2)C(=O)N(c2ccc(-c4ccc(N5C(=O)c6ccc(-c7ccc(N)cc7)cc6C5=O)c(C(=O)O)c4C(=O)O)c(C(=O)O)c2C(=O)O)C3=O)cc1. The van der Waals surface area contributed by atoms with Crippen LogP contribution >= 0.6 is 0 Å². The van der Waals surface area contributed by atoms with E-state index >= 15 is 0 Å². The van der Waals surface area contributed by atoms with Crippen molar-refractivity contribution in [2.75, 3.05) is 21.3 Å². The molecule has 0 aromatic heterocycles. The van der Waals surface area contributed by atoms with Gasteiger partial charge in [0.2, 0.25) is 0 Å². The van der Waals surface area contributed by atoms with E-state index in [0.29, 0.717) is 43.4 Å². The number of aromatic carboxylic acids is 4. The van der Waals surface area contributed by atoms with E-state index in [4.69, 9.17) is 11.5 Å². The first-order valence-corrected chi connectivity index (χ1v) is 17.6. The molecular formula is C44H26N4O12. The summed E-state index contributed by atoms with van der Waals surface area (Å²) in [6, 6.07) is 25.6. The van der Waals surface area contributed by atoms with Gasteiger partial charge in [-0.05, 0) is 94.0 Å². The second-order valence-electron chi connectivity index (χ2n) is 13.6. The van der Waals surface area contributed by atoms with Crippen LogP contribution in [0.25, 0.3) is 33.4 Å². The highest BCUT2D eigenvalue weighted by atomic mass is 16.4. The van der Waals surface area contributed by atoms with E-state index < -0.39 is 92.3 Å². The molecule has 0 unspecified atom stereocenters. The average molecular weight is 803 g/mol. The third-order valence-electron chi connectivity index (χ3n) is 10.3. The lowest BCUT2D eigenvalue weighted by Gasteiger charge is -2.22. The van der Waals surface area contributed by atoms with Crippen molar-refractivity contribution >= 4 is 70.3 Å². The number of carbonyl (C=O) groups is 8. The molecule has 2 aliphatic heterocycles. The van der Waals surface area contributed by atoms with Crippen molar-refractivity contribution in [3.05, 3.63) is 154 Å². The number of imide groups is 2. The number of benzene rings is 6. The van der Waals surface area contributed by atoms with Gasteiger partial charge >= 0.3 is 23.9 Å². The molecule has 0 spiro atoms. The molecule has 0 radical (unpaired) electrons. The van der Waals surface area contributed by atoms with Crippen LogP contribution in [0.4, 0.5) is 22.7 Å². The molecule has 0 fully saturated rings. The van der Waals surface area contributed by atoms with Gasteiger partial charge in [0.05, 0.1) is 55.9 Å². The Balaban J connectivity index is 1.25. The molecule has 294 valence electrons. The maximum Gasteiger partial charge on any atom is 0.338 e. The number of hydrogen-bond acceptors (Lipinski definition) is 10. The summed E-state index contributed by atoms with van der Waals surface area (Å²) in [7, 11) is 0. The number of nitrogens with zero attached hydrogens (tertiary/aromatic N) is 2. The highest BCUT2D eigenvalue weighted by Crippen LogP contribution is 2.42. The number of anilines is 4. The molecule has 0 saturated carbocycles. The molecule has 16 heteroatoms. The van der Waals surface area contributed by atoms with E-state index in [0.717, 1.165) is 24.3 Å². The summed E-state index contributed by atoms with van der Waals surface area (Å²) in [5, 5.41) is 41.9. The van der Waals surface area contributed by atoms with Gasteiger partial charge in [0.1, 0.15) is 0 Å². The number of amides is 4. The number of nitrogens with two attached hydrogens (primary N) is 2. The van der Waals surface area contributed by atoms with Crippen LogP contribution in [-0.2, 0) is 0 Å². The Hall–Kier alpha value is -8.92. The monoisotopic (exact) mass is 802 g/mol. The molecule has 0 aliphatic carbocycles. The third kappa shape index (κ3) is 5.87. The summed E-state index contributed by atoms with van der Waals surface area (Å²) in [6.07, 6.45) is 0. The average Bonchev–Trinajstić information content (AvgIpc) is 3.62. The van der Waals surface area contributed by atoms with Crippen LogP contribution in [0.3, 0.4) is 0 Å². The largest absolute Gasteiger partial charge is 0.478 e. The first kappa shape index (κ1) is 38.0. The summed E-state index contributed by atoms with van der Waals surface area (Å²) in [5.74, 6) is -11.7. The summed E-state index contributed by atoms with van der Waals surface area (Å²) >= 11 is 0. The van der Waals surface area contributed by atoms with Gasteiger partial charge in [0.25, 0.3) is 23.6 Å². The second-order valence-corrected chi connectivity index (χ2v) is 13.6. The van der Waals surface area contributed by atoms with Gasteiger partial charge in [0.15, 0.2) is 0 Å². The fourth-order valence-corrected chi connectivity index (χ4v) is 7.51. The van der Waals surface area contributed by atoms with Crippen molar-refractivity contribution in [3.8, 4) is 33.4 Å². The molecule has 4 amide bonds. The summed E-state index contributed by atoms with van der Waals surface area (Å²) in [5.41, 5.74) is 7.41. The van der Waals surface area contributed by atoms with Crippen molar-refractivity contribution in [2.24, 2.45) is 0 Å². The van der Waals surface area contributed by atoms with Gasteiger partial charge in [-0.2, -0.15) is 0 Å². The van der Waals surface area contributed by atoms with Crippen LogP contribution < -0.4 is 21.3 Å². The second kappa shape index (κ2) is 13.9. The smallest absolute Gasteiger partial charge is 0.338 e. The van der Waals surface area contributed by atoms with Crippen LogP contribution in [0.2, 0.25) is 0 Å². The maximum absolute atomic E-state index is 13.9. The lowest BCUT2D eigenvalue weighted by atomic mass is 9.88. The van der Waals surface area contributed by atoms with Crippen molar-refractivity contribution < 1.29 is 58.8 Å². The fourth-order valence-electron chi connectivity index (χ4n) is 7.51. The van der Waals surface area contributed by atoms with Crippen LogP contribution in [0.1, 0.15) is 82.9 Å². The van der Waals surface area contributed by atoms with Crippen LogP contribution in [0.15, 0.2) is 109 Å². The molecule has 0 bridgehead atoms. The van der Waals surface area contributed by atoms with Gasteiger partial charge in [-0.15, -0.1) is 0 Å². The molecule has 2 heterocycles. The lowest BCUT2D eigenvalue weighted by molar-refractivity contribution is 0.0650. The topological polar surface area (TPSA) is 276 Å². The maximum atomic E-state index is 13.9. The number of fused-ring (bicyclic) bond motifs is 2. The highest BCUT2D eigenvalue weighted by Gasteiger charge is 2.43. The highest BCUT2D eigenvalue weighted by molar-refractivity contribution is 6.37. The lowest BCUT2D eigenvalue weighted by Crippen LogP contribution is -2.32. The van der Waals surface area contributed by atoms with Gasteiger partial charge in [0, 0.05) is 11.4 Å². The number of rotatable bonds is 9. The van der Waals surface area contributed by atoms with E-state index in [1.165, 1.54) is 24.3 Å². The minimum Gasteiger partial charge on any atom is -0.478 e. The van der Waals surface area contributed by atoms with Gasteiger partial charge in [-0.1, -0.05) is 48.5 Å². The molecule has 8 N–H and O–H groups in total. The number of carboxylic acids is 4. The van der Waals surface area contributed by atoms with Crippen LogP contribution in [0.5, 0.6) is 0 Å². The van der Waals surface area contributed by atoms with Crippen molar-refractivity contribution in [2.45, 2.75) is 0 Å². The first-order valence-electron chi connectivity index (χ1n) is 17.6. The molecule has 60 heavy (non-hydrogen) atoms. The zero-order valence-electron chi connectivity index (χ0n) is 30.5. The minimum absolute atomic E-state index is 0.110. The third-order valence-corrected chi connectivity index (χ3v) is 10.3. The summed E-state index contributed by atoms with van der Waals surface area (Å²) in [6.45, 7) is 0. The Bertz CT molecular complexity index is 2790. The summed E-state index contributed by atoms with van der Waals surface area (Å²) < 4.78 is 0. The summed E-state index contributed by atoms with van der Waals surface area (Å²) in [4.78, 5) is 108. The molecule has 16 nitrogen and oxygen atoms in total. The number of carbonyl (C=O) groups excluding carboxylic acids is 4. The van der Waals surface area contributed by atoms with Gasteiger partial charge in [-0.25, -0.2) is 29.0 Å². The Kier molecular flexibility index (Phi) is 8.81. The number of carboxylic acid groups (broad SMARTS) is 4. The molecule has 2 aliphatic rings. The zero-order chi connectivity index (χ0) is 42.9. The molecule has 0 saturated heterocycles. The standard InChI is InChI=1S/C44H26N4O12/c45-23-7-1-19(2-8-23)21-5-11-27-29(17-21)39(51)47(37(27)49)31-15-13-25(33(41(53)54)35(31)43(57)58)26-14-16-32(36(44(59)60)34(26)42(55)56)48-38(50)28-12-6-22(18-30(28)40(48)52)20-3-9-24(46)10-4-20/h1-18H,45-46H2,(H,53,54)(H,55,56)(H,57,58)(H,59,60). The van der Waals surface area contributed by atoms with E-state index in [1.54, 1.807) is 60.7 Å². The quantitative estimate of drug-likeness (QED) is 0.0697. The van der Waals surface area contributed by atoms with Crippen LogP contribution in [-0.4, -0.2) is 67.9 Å². The molecular weight excluding hydrogens is 777 g/mol. The Morgan fingerprint density at radius 1 is 0.350 bits per heavy atom. The molecule has 0 atom stereocenters. The molecule has 8 rings (SSSR count).